The number of aliphatic hydroxyl groups excluding tert-OH is 1. The van der Waals surface area contributed by atoms with Gasteiger partial charge in [-0.2, -0.15) is 0 Å². The van der Waals surface area contributed by atoms with Gasteiger partial charge >= 0.3 is 0 Å². The normalized spacial score (nSPS) is 17.8. The first-order valence-electron chi connectivity index (χ1n) is 6.19. The Morgan fingerprint density at radius 1 is 1.32 bits per heavy atom. The maximum Gasteiger partial charge on any atom is 0.161 e. The molecule has 1 heterocycles. The Labute approximate surface area is 113 Å². The summed E-state index contributed by atoms with van der Waals surface area (Å²) in [6.45, 7) is 0.142. The Kier molecular flexibility index (Phi) is 4.31. The van der Waals surface area contributed by atoms with Gasteiger partial charge in [0.25, 0.3) is 0 Å². The van der Waals surface area contributed by atoms with E-state index in [0.717, 1.165) is 12.0 Å². The number of methoxy groups -OCH3 is 1. The molecule has 1 fully saturated rings. The SMILES string of the molecule is COc1ccc(CCCO)cc1OC1CS(=O)(=O)C1. The van der Waals surface area contributed by atoms with Crippen molar-refractivity contribution >= 4 is 9.84 Å². The Morgan fingerprint density at radius 3 is 2.63 bits per heavy atom. The summed E-state index contributed by atoms with van der Waals surface area (Å²) in [5.41, 5.74) is 1.03. The highest BCUT2D eigenvalue weighted by Crippen LogP contribution is 2.31. The molecule has 6 heteroatoms. The first kappa shape index (κ1) is 14.1. The summed E-state index contributed by atoms with van der Waals surface area (Å²) in [5.74, 6) is 1.29. The molecular weight excluding hydrogens is 268 g/mol. The number of hydrogen-bond donors (Lipinski definition) is 1. The van der Waals surface area contributed by atoms with Crippen LogP contribution >= 0.6 is 0 Å². The van der Waals surface area contributed by atoms with Crippen LogP contribution in [0.2, 0.25) is 0 Å². The minimum absolute atomic E-state index is 0.0665. The van der Waals surface area contributed by atoms with Crippen LogP contribution in [0.3, 0.4) is 0 Å². The molecule has 1 aliphatic rings. The van der Waals surface area contributed by atoms with Gasteiger partial charge in [0, 0.05) is 6.61 Å². The summed E-state index contributed by atoms with van der Waals surface area (Å²) in [6.07, 6.45) is 1.15. The van der Waals surface area contributed by atoms with Crippen molar-refractivity contribution in [2.45, 2.75) is 18.9 Å². The number of ether oxygens (including phenoxy) is 2. The highest BCUT2D eigenvalue weighted by molar-refractivity contribution is 7.92. The second-order valence-electron chi connectivity index (χ2n) is 4.63. The van der Waals surface area contributed by atoms with E-state index in [2.05, 4.69) is 0 Å². The van der Waals surface area contributed by atoms with Crippen LogP contribution in [0.15, 0.2) is 18.2 Å². The van der Waals surface area contributed by atoms with Gasteiger partial charge < -0.3 is 14.6 Å². The summed E-state index contributed by atoms with van der Waals surface area (Å²) in [5, 5.41) is 8.83. The third kappa shape index (κ3) is 3.61. The van der Waals surface area contributed by atoms with Crippen molar-refractivity contribution in [1.82, 2.24) is 0 Å². The van der Waals surface area contributed by atoms with E-state index in [4.69, 9.17) is 14.6 Å². The van der Waals surface area contributed by atoms with Crippen LogP contribution in [0.25, 0.3) is 0 Å². The van der Waals surface area contributed by atoms with Gasteiger partial charge in [-0.25, -0.2) is 8.42 Å². The molecule has 0 atom stereocenters. The van der Waals surface area contributed by atoms with E-state index >= 15 is 0 Å². The smallest absolute Gasteiger partial charge is 0.161 e. The summed E-state index contributed by atoms with van der Waals surface area (Å²) >= 11 is 0. The lowest BCUT2D eigenvalue weighted by atomic mass is 10.1. The molecule has 0 aromatic heterocycles. The number of aliphatic hydroxyl groups is 1. The van der Waals surface area contributed by atoms with Crippen LogP contribution in [0.4, 0.5) is 0 Å². The molecule has 0 radical (unpaired) electrons. The first-order chi connectivity index (χ1) is 9.04. The van der Waals surface area contributed by atoms with Crippen molar-refractivity contribution in [3.63, 3.8) is 0 Å². The molecule has 0 saturated carbocycles. The number of rotatable bonds is 6. The predicted octanol–water partition coefficient (Wildman–Crippen LogP) is 0.796. The molecule has 1 aromatic carbocycles. The predicted molar refractivity (Wildman–Crippen MR) is 71.5 cm³/mol. The molecular formula is C13H18O5S. The zero-order valence-electron chi connectivity index (χ0n) is 10.8. The fourth-order valence-electron chi connectivity index (χ4n) is 2.02. The molecule has 5 nitrogen and oxygen atoms in total. The zero-order valence-corrected chi connectivity index (χ0v) is 11.6. The molecule has 0 aliphatic carbocycles. The van der Waals surface area contributed by atoms with Crippen LogP contribution in [0, 0.1) is 0 Å². The third-order valence-electron chi connectivity index (χ3n) is 3.02. The van der Waals surface area contributed by atoms with Gasteiger partial charge in [0.15, 0.2) is 21.3 Å². The van der Waals surface area contributed by atoms with Crippen molar-refractivity contribution in [3.05, 3.63) is 23.8 Å². The Hall–Kier alpha value is -1.27. The summed E-state index contributed by atoms with van der Waals surface area (Å²) in [7, 11) is -1.34. The lowest BCUT2D eigenvalue weighted by Gasteiger charge is -2.27. The van der Waals surface area contributed by atoms with E-state index in [-0.39, 0.29) is 24.2 Å². The quantitative estimate of drug-likeness (QED) is 0.837. The fraction of sp³-hybridized carbons (Fsp3) is 0.538. The second-order valence-corrected chi connectivity index (χ2v) is 6.78. The van der Waals surface area contributed by atoms with Crippen molar-refractivity contribution < 1.29 is 23.0 Å². The molecule has 0 unspecified atom stereocenters. The van der Waals surface area contributed by atoms with Gasteiger partial charge in [0.2, 0.25) is 0 Å². The topological polar surface area (TPSA) is 72.8 Å². The molecule has 0 spiro atoms. The monoisotopic (exact) mass is 286 g/mol. The molecule has 0 amide bonds. The molecule has 1 aliphatic heterocycles. The molecule has 106 valence electrons. The van der Waals surface area contributed by atoms with Crippen LogP contribution < -0.4 is 9.47 Å². The van der Waals surface area contributed by atoms with Gasteiger partial charge in [-0.15, -0.1) is 0 Å². The van der Waals surface area contributed by atoms with E-state index in [1.165, 1.54) is 0 Å². The lowest BCUT2D eigenvalue weighted by Crippen LogP contribution is -2.45. The van der Waals surface area contributed by atoms with E-state index in [1.807, 2.05) is 12.1 Å². The molecule has 1 N–H and O–H groups in total. The van der Waals surface area contributed by atoms with Gasteiger partial charge in [0.05, 0.1) is 18.6 Å². The standard InChI is InChI=1S/C13H18O5S/c1-17-12-5-4-10(3-2-6-14)7-13(12)18-11-8-19(15,16)9-11/h4-5,7,11,14H,2-3,6,8-9H2,1H3. The maximum absolute atomic E-state index is 11.1. The van der Waals surface area contributed by atoms with Crippen molar-refractivity contribution in [2.75, 3.05) is 25.2 Å². The number of aryl methyl sites for hydroxylation is 1. The van der Waals surface area contributed by atoms with Crippen LogP contribution in [-0.4, -0.2) is 44.9 Å². The van der Waals surface area contributed by atoms with Gasteiger partial charge in [-0.1, -0.05) is 6.07 Å². The summed E-state index contributed by atoms with van der Waals surface area (Å²) in [4.78, 5) is 0. The third-order valence-corrected chi connectivity index (χ3v) is 4.78. The molecule has 19 heavy (non-hydrogen) atoms. The maximum atomic E-state index is 11.1. The second kappa shape index (κ2) is 5.79. The molecule has 1 saturated heterocycles. The molecule has 0 bridgehead atoms. The first-order valence-corrected chi connectivity index (χ1v) is 8.01. The largest absolute Gasteiger partial charge is 0.493 e. The fourth-order valence-corrected chi connectivity index (χ4v) is 3.19. The Morgan fingerprint density at radius 2 is 2.05 bits per heavy atom. The Bertz CT molecular complexity index is 526. The van der Waals surface area contributed by atoms with E-state index in [0.29, 0.717) is 17.9 Å². The van der Waals surface area contributed by atoms with E-state index in [1.54, 1.807) is 13.2 Å². The van der Waals surface area contributed by atoms with Crippen LogP contribution in [-0.2, 0) is 16.3 Å². The molecule has 2 rings (SSSR count). The van der Waals surface area contributed by atoms with Crippen LogP contribution in [0.5, 0.6) is 11.5 Å². The minimum atomic E-state index is -2.89. The average molecular weight is 286 g/mol. The molecule has 1 aromatic rings. The highest BCUT2D eigenvalue weighted by Gasteiger charge is 2.35. The summed E-state index contributed by atoms with van der Waals surface area (Å²) in [6, 6.07) is 5.56. The van der Waals surface area contributed by atoms with Crippen molar-refractivity contribution in [1.29, 1.82) is 0 Å². The summed E-state index contributed by atoms with van der Waals surface area (Å²) < 4.78 is 33.1. The Balaban J connectivity index is 2.08. The van der Waals surface area contributed by atoms with Crippen LogP contribution in [0.1, 0.15) is 12.0 Å². The average Bonchev–Trinajstić information content (AvgIpc) is 2.34. The zero-order chi connectivity index (χ0) is 13.9. The van der Waals surface area contributed by atoms with Crippen molar-refractivity contribution in [3.8, 4) is 11.5 Å². The van der Waals surface area contributed by atoms with Crippen molar-refractivity contribution in [2.24, 2.45) is 0 Å². The number of sulfone groups is 1. The number of hydrogen-bond acceptors (Lipinski definition) is 5. The van der Waals surface area contributed by atoms with Gasteiger partial charge in [-0.3, -0.25) is 0 Å². The highest BCUT2D eigenvalue weighted by atomic mass is 32.2. The lowest BCUT2D eigenvalue weighted by molar-refractivity contribution is 0.219. The number of benzene rings is 1. The minimum Gasteiger partial charge on any atom is -0.493 e. The van der Waals surface area contributed by atoms with Gasteiger partial charge in [0.1, 0.15) is 6.10 Å². The van der Waals surface area contributed by atoms with E-state index in [9.17, 15) is 8.42 Å². The van der Waals surface area contributed by atoms with E-state index < -0.39 is 9.84 Å². The van der Waals surface area contributed by atoms with Gasteiger partial charge in [-0.05, 0) is 30.5 Å².